The van der Waals surface area contributed by atoms with E-state index in [9.17, 15) is 0 Å². The minimum atomic E-state index is 0.874. The summed E-state index contributed by atoms with van der Waals surface area (Å²) < 4.78 is 0. The standard InChI is InChI=1S/C13H26N2S/c1-2-15(13-4-3-9-16-11-13)10-12-5-7-14-8-6-12/h12-14H,2-11H2,1H3. The second-order valence-corrected chi connectivity index (χ2v) is 6.30. The maximum Gasteiger partial charge on any atom is 0.0186 e. The molecule has 2 rings (SSSR count). The Labute approximate surface area is 105 Å². The molecule has 2 aliphatic heterocycles. The van der Waals surface area contributed by atoms with Crippen LogP contribution in [0.1, 0.15) is 32.6 Å². The third kappa shape index (κ3) is 3.64. The molecule has 0 aliphatic carbocycles. The Morgan fingerprint density at radius 1 is 1.25 bits per heavy atom. The molecule has 1 N–H and O–H groups in total. The van der Waals surface area contributed by atoms with Crippen LogP contribution < -0.4 is 5.32 Å². The SMILES string of the molecule is CCN(CC1CCNCC1)C1CCCSC1. The zero-order valence-corrected chi connectivity index (χ0v) is 11.4. The van der Waals surface area contributed by atoms with Crippen molar-refractivity contribution in [1.29, 1.82) is 0 Å². The lowest BCUT2D eigenvalue weighted by Gasteiger charge is -2.36. The first-order chi connectivity index (χ1) is 7.90. The molecule has 0 aromatic carbocycles. The molecule has 0 saturated carbocycles. The van der Waals surface area contributed by atoms with Crippen molar-refractivity contribution in [1.82, 2.24) is 10.2 Å². The summed E-state index contributed by atoms with van der Waals surface area (Å²) in [5.74, 6) is 3.72. The maximum absolute atomic E-state index is 3.46. The molecule has 0 aromatic rings. The van der Waals surface area contributed by atoms with Crippen molar-refractivity contribution >= 4 is 11.8 Å². The van der Waals surface area contributed by atoms with Crippen molar-refractivity contribution in [3.05, 3.63) is 0 Å². The summed E-state index contributed by atoms with van der Waals surface area (Å²) in [4.78, 5) is 2.75. The molecule has 3 heteroatoms. The van der Waals surface area contributed by atoms with Gasteiger partial charge < -0.3 is 5.32 Å². The van der Waals surface area contributed by atoms with Gasteiger partial charge in [-0.25, -0.2) is 0 Å². The van der Waals surface area contributed by atoms with Crippen molar-refractivity contribution in [2.45, 2.75) is 38.6 Å². The van der Waals surface area contributed by atoms with Crippen LogP contribution in [-0.4, -0.2) is 48.6 Å². The lowest BCUT2D eigenvalue weighted by atomic mass is 9.96. The molecule has 0 bridgehead atoms. The van der Waals surface area contributed by atoms with Crippen molar-refractivity contribution in [2.24, 2.45) is 5.92 Å². The van der Waals surface area contributed by atoms with Gasteiger partial charge in [-0.3, -0.25) is 4.90 Å². The van der Waals surface area contributed by atoms with Gasteiger partial charge in [0.05, 0.1) is 0 Å². The number of thioether (sulfide) groups is 1. The molecule has 2 saturated heterocycles. The fraction of sp³-hybridized carbons (Fsp3) is 1.00. The van der Waals surface area contributed by atoms with Crippen LogP contribution in [0, 0.1) is 5.92 Å². The van der Waals surface area contributed by atoms with E-state index in [1.807, 2.05) is 0 Å². The average molecular weight is 242 g/mol. The van der Waals surface area contributed by atoms with E-state index in [1.54, 1.807) is 0 Å². The third-order valence-corrected chi connectivity index (χ3v) is 5.21. The van der Waals surface area contributed by atoms with Gasteiger partial charge in [0, 0.05) is 18.3 Å². The largest absolute Gasteiger partial charge is 0.317 e. The van der Waals surface area contributed by atoms with E-state index in [2.05, 4.69) is 28.9 Å². The molecule has 16 heavy (non-hydrogen) atoms. The summed E-state index contributed by atoms with van der Waals surface area (Å²) >= 11 is 2.15. The van der Waals surface area contributed by atoms with Crippen LogP contribution >= 0.6 is 11.8 Å². The van der Waals surface area contributed by atoms with Crippen LogP contribution in [0.5, 0.6) is 0 Å². The summed E-state index contributed by atoms with van der Waals surface area (Å²) in [6.45, 7) is 7.40. The molecular weight excluding hydrogens is 216 g/mol. The molecule has 0 spiro atoms. The first-order valence-corrected chi connectivity index (χ1v) is 8.08. The molecule has 94 valence electrons. The van der Waals surface area contributed by atoms with Crippen LogP contribution in [0.25, 0.3) is 0 Å². The van der Waals surface area contributed by atoms with Gasteiger partial charge in [-0.2, -0.15) is 11.8 Å². The Balaban J connectivity index is 1.78. The minimum absolute atomic E-state index is 0.874. The van der Waals surface area contributed by atoms with Gasteiger partial charge in [-0.05, 0) is 57.0 Å². The van der Waals surface area contributed by atoms with E-state index >= 15 is 0 Å². The van der Waals surface area contributed by atoms with Gasteiger partial charge in [-0.15, -0.1) is 0 Å². The topological polar surface area (TPSA) is 15.3 Å². The van der Waals surface area contributed by atoms with Crippen LogP contribution in [0.4, 0.5) is 0 Å². The third-order valence-electron chi connectivity index (χ3n) is 4.01. The molecule has 2 fully saturated rings. The Morgan fingerprint density at radius 3 is 2.69 bits per heavy atom. The zero-order chi connectivity index (χ0) is 11.2. The first-order valence-electron chi connectivity index (χ1n) is 6.92. The maximum atomic E-state index is 3.46. The normalized spacial score (nSPS) is 28.5. The minimum Gasteiger partial charge on any atom is -0.317 e. The van der Waals surface area contributed by atoms with Crippen molar-refractivity contribution in [3.8, 4) is 0 Å². The summed E-state index contributed by atoms with van der Waals surface area (Å²) in [7, 11) is 0. The van der Waals surface area contributed by atoms with E-state index in [4.69, 9.17) is 0 Å². The molecular formula is C13H26N2S. The van der Waals surface area contributed by atoms with E-state index in [1.165, 1.54) is 63.4 Å². The molecule has 1 unspecified atom stereocenters. The highest BCUT2D eigenvalue weighted by Crippen LogP contribution is 2.23. The van der Waals surface area contributed by atoms with E-state index in [-0.39, 0.29) is 0 Å². The van der Waals surface area contributed by atoms with Crippen molar-refractivity contribution in [3.63, 3.8) is 0 Å². The summed E-state index contributed by atoms with van der Waals surface area (Å²) in [5.41, 5.74) is 0. The Morgan fingerprint density at radius 2 is 2.06 bits per heavy atom. The molecule has 2 aliphatic rings. The highest BCUT2D eigenvalue weighted by molar-refractivity contribution is 7.99. The van der Waals surface area contributed by atoms with E-state index in [0.29, 0.717) is 0 Å². The number of piperidine rings is 1. The quantitative estimate of drug-likeness (QED) is 0.814. The first kappa shape index (κ1) is 12.7. The number of rotatable bonds is 4. The van der Waals surface area contributed by atoms with Crippen LogP contribution in [0.3, 0.4) is 0 Å². The Bertz CT molecular complexity index is 186. The van der Waals surface area contributed by atoms with Crippen LogP contribution in [0.2, 0.25) is 0 Å². The fourth-order valence-electron chi connectivity index (χ4n) is 2.94. The van der Waals surface area contributed by atoms with Gasteiger partial charge in [0.25, 0.3) is 0 Å². The fourth-order valence-corrected chi connectivity index (χ4v) is 4.13. The van der Waals surface area contributed by atoms with E-state index in [0.717, 1.165) is 12.0 Å². The highest BCUT2D eigenvalue weighted by atomic mass is 32.2. The van der Waals surface area contributed by atoms with Crippen LogP contribution in [0.15, 0.2) is 0 Å². The molecule has 2 heterocycles. The molecule has 2 nitrogen and oxygen atoms in total. The predicted octanol–water partition coefficient (Wildman–Crippen LogP) is 2.20. The van der Waals surface area contributed by atoms with E-state index < -0.39 is 0 Å². The predicted molar refractivity (Wildman–Crippen MR) is 73.2 cm³/mol. The Kier molecular flexibility index (Phi) is 5.46. The van der Waals surface area contributed by atoms with Gasteiger partial charge in [0.1, 0.15) is 0 Å². The second kappa shape index (κ2) is 6.87. The van der Waals surface area contributed by atoms with Gasteiger partial charge in [0.15, 0.2) is 0 Å². The number of hydrogen-bond acceptors (Lipinski definition) is 3. The summed E-state index contributed by atoms with van der Waals surface area (Å²) in [6.07, 6.45) is 5.64. The number of nitrogens with one attached hydrogen (secondary N) is 1. The van der Waals surface area contributed by atoms with Gasteiger partial charge in [0.2, 0.25) is 0 Å². The molecule has 0 radical (unpaired) electrons. The number of hydrogen-bond donors (Lipinski definition) is 1. The molecule has 1 atom stereocenters. The lowest BCUT2D eigenvalue weighted by Crippen LogP contribution is -2.43. The second-order valence-electron chi connectivity index (χ2n) is 5.15. The number of nitrogens with zero attached hydrogens (tertiary/aromatic N) is 1. The summed E-state index contributed by atoms with van der Waals surface area (Å²) in [5, 5.41) is 3.46. The van der Waals surface area contributed by atoms with Crippen LogP contribution in [-0.2, 0) is 0 Å². The van der Waals surface area contributed by atoms with Crippen molar-refractivity contribution < 1.29 is 0 Å². The summed E-state index contributed by atoms with van der Waals surface area (Å²) in [6, 6.07) is 0.874. The Hall–Kier alpha value is 0.270. The van der Waals surface area contributed by atoms with Crippen molar-refractivity contribution in [2.75, 3.05) is 37.7 Å². The average Bonchev–Trinajstić information content (AvgIpc) is 2.38. The molecule has 0 amide bonds. The smallest absolute Gasteiger partial charge is 0.0186 e. The zero-order valence-electron chi connectivity index (χ0n) is 10.6. The van der Waals surface area contributed by atoms with Gasteiger partial charge in [-0.1, -0.05) is 6.92 Å². The molecule has 0 aromatic heterocycles. The monoisotopic (exact) mass is 242 g/mol. The van der Waals surface area contributed by atoms with Gasteiger partial charge >= 0.3 is 0 Å². The lowest BCUT2D eigenvalue weighted by molar-refractivity contribution is 0.162. The highest BCUT2D eigenvalue weighted by Gasteiger charge is 2.23.